The summed E-state index contributed by atoms with van der Waals surface area (Å²) < 4.78 is 60.4. The highest BCUT2D eigenvalue weighted by Crippen LogP contribution is 2.33. The minimum absolute atomic E-state index is 0.110. The maximum absolute atomic E-state index is 13.9. The maximum Gasteiger partial charge on any atom is 0.404 e. The highest BCUT2D eigenvalue weighted by atomic mass is 19.2. The van der Waals surface area contributed by atoms with E-state index in [1.54, 1.807) is 6.07 Å². The molecule has 36 heavy (non-hydrogen) atoms. The lowest BCUT2D eigenvalue weighted by Crippen LogP contribution is -2.38. The van der Waals surface area contributed by atoms with Gasteiger partial charge in [-0.25, -0.2) is 27.2 Å². The zero-order valence-corrected chi connectivity index (χ0v) is 18.7. The Morgan fingerprint density at radius 3 is 1.78 bits per heavy atom. The number of rotatable bonds is 10. The summed E-state index contributed by atoms with van der Waals surface area (Å²) in [6, 6.07) is 10.4. The Balaban J connectivity index is 1.89. The van der Waals surface area contributed by atoms with E-state index < -0.39 is 41.5 Å². The van der Waals surface area contributed by atoms with Crippen molar-refractivity contribution in [1.82, 2.24) is 10.6 Å². The van der Waals surface area contributed by atoms with Crippen molar-refractivity contribution in [2.75, 3.05) is 13.2 Å². The second kappa shape index (κ2) is 11.9. The highest BCUT2D eigenvalue weighted by molar-refractivity contribution is 5.75. The highest BCUT2D eigenvalue weighted by Gasteiger charge is 2.15. The Hall–Kier alpha value is -4.28. The van der Waals surface area contributed by atoms with Gasteiger partial charge in [-0.2, -0.15) is 0 Å². The molecule has 0 aliphatic heterocycles. The van der Waals surface area contributed by atoms with E-state index in [1.165, 1.54) is 24.3 Å². The number of halogens is 4. The van der Waals surface area contributed by atoms with Crippen LogP contribution >= 0.6 is 0 Å². The van der Waals surface area contributed by atoms with Crippen molar-refractivity contribution >= 4 is 12.2 Å². The number of hydrogen-bond donors (Lipinski definition) is 4. The molecular formula is C25H22F4N2O5. The van der Waals surface area contributed by atoms with Gasteiger partial charge in [0.05, 0.1) is 6.04 Å². The molecule has 0 heterocycles. The molecular weight excluding hydrogens is 484 g/mol. The first-order valence-electron chi connectivity index (χ1n) is 10.8. The van der Waals surface area contributed by atoms with Crippen LogP contribution in [-0.4, -0.2) is 41.6 Å². The number of ether oxygens (including phenoxy) is 1. The Morgan fingerprint density at radius 1 is 0.750 bits per heavy atom. The number of benzene rings is 3. The third-order valence-corrected chi connectivity index (χ3v) is 5.20. The van der Waals surface area contributed by atoms with Gasteiger partial charge >= 0.3 is 12.2 Å². The molecule has 7 nitrogen and oxygen atoms in total. The lowest BCUT2D eigenvalue weighted by molar-refractivity contribution is 0.177. The van der Waals surface area contributed by atoms with Crippen LogP contribution in [0.2, 0.25) is 0 Å². The molecule has 190 valence electrons. The predicted molar refractivity (Wildman–Crippen MR) is 123 cm³/mol. The summed E-state index contributed by atoms with van der Waals surface area (Å²) in [5, 5.41) is 22.2. The fraction of sp³-hybridized carbons (Fsp3) is 0.200. The number of hydrogen-bond acceptors (Lipinski definition) is 3. The number of amides is 2. The van der Waals surface area contributed by atoms with Gasteiger partial charge in [0.15, 0.2) is 23.3 Å². The predicted octanol–water partition coefficient (Wildman–Crippen LogP) is 5.64. The van der Waals surface area contributed by atoms with Crippen LogP contribution in [0.25, 0.3) is 22.3 Å². The smallest absolute Gasteiger partial charge is 0.404 e. The van der Waals surface area contributed by atoms with Crippen LogP contribution < -0.4 is 15.4 Å². The van der Waals surface area contributed by atoms with Crippen LogP contribution in [0.3, 0.4) is 0 Å². The normalized spacial score (nSPS) is 11.6. The van der Waals surface area contributed by atoms with Gasteiger partial charge in [0.1, 0.15) is 12.4 Å². The number of nitrogens with one attached hydrogen (secondary N) is 2. The molecule has 0 fully saturated rings. The van der Waals surface area contributed by atoms with Crippen LogP contribution in [0.1, 0.15) is 12.8 Å². The van der Waals surface area contributed by atoms with Gasteiger partial charge in [0.2, 0.25) is 0 Å². The van der Waals surface area contributed by atoms with Crippen LogP contribution in [0, 0.1) is 23.3 Å². The van der Waals surface area contributed by atoms with Gasteiger partial charge < -0.3 is 25.6 Å². The lowest BCUT2D eigenvalue weighted by atomic mass is 9.98. The fourth-order valence-electron chi connectivity index (χ4n) is 3.48. The first-order valence-corrected chi connectivity index (χ1v) is 10.8. The zero-order chi connectivity index (χ0) is 26.2. The third-order valence-electron chi connectivity index (χ3n) is 5.20. The van der Waals surface area contributed by atoms with Crippen molar-refractivity contribution < 1.29 is 42.1 Å². The topological polar surface area (TPSA) is 108 Å². The molecule has 0 aliphatic rings. The molecule has 1 atom stereocenters. The van der Waals surface area contributed by atoms with Crippen molar-refractivity contribution in [3.8, 4) is 28.0 Å². The van der Waals surface area contributed by atoms with Gasteiger partial charge in [-0.3, -0.25) is 0 Å². The van der Waals surface area contributed by atoms with Crippen LogP contribution in [0.5, 0.6) is 5.75 Å². The van der Waals surface area contributed by atoms with E-state index in [4.69, 9.17) is 14.9 Å². The van der Waals surface area contributed by atoms with E-state index in [0.717, 1.165) is 24.3 Å². The quantitative estimate of drug-likeness (QED) is 0.210. The summed E-state index contributed by atoms with van der Waals surface area (Å²) in [5.41, 5.74) is 1.37. The summed E-state index contributed by atoms with van der Waals surface area (Å²) in [7, 11) is 0. The van der Waals surface area contributed by atoms with E-state index in [0.29, 0.717) is 28.7 Å². The molecule has 0 unspecified atom stereocenters. The molecule has 0 aliphatic carbocycles. The molecule has 3 aromatic rings. The van der Waals surface area contributed by atoms with E-state index in [-0.39, 0.29) is 25.3 Å². The first kappa shape index (κ1) is 26.3. The molecule has 3 aromatic carbocycles. The van der Waals surface area contributed by atoms with Crippen molar-refractivity contribution in [1.29, 1.82) is 0 Å². The van der Waals surface area contributed by atoms with Gasteiger partial charge in [-0.05, 0) is 77.6 Å². The molecule has 2 amide bonds. The maximum atomic E-state index is 13.9. The molecule has 0 aromatic heterocycles. The molecule has 11 heteroatoms. The van der Waals surface area contributed by atoms with Crippen molar-refractivity contribution in [3.63, 3.8) is 0 Å². The van der Waals surface area contributed by atoms with Gasteiger partial charge in [0.25, 0.3) is 0 Å². The molecule has 3 rings (SSSR count). The standard InChI is InChI=1S/C25H22F4N2O5/c26-20-5-3-14(11-22(20)28)16-8-17(15-4-6-21(27)23(29)12-15)10-19(9-16)36-13-18(31-25(34)35)2-1-7-30-24(32)33/h3-6,8-12,18,30-31H,1-2,7,13H2,(H,32,33)(H,34,35)/t18-/m1/s1. The molecule has 0 saturated heterocycles. The summed E-state index contributed by atoms with van der Waals surface area (Å²) in [4.78, 5) is 21.7. The lowest BCUT2D eigenvalue weighted by Gasteiger charge is -2.19. The van der Waals surface area contributed by atoms with E-state index in [2.05, 4.69) is 10.6 Å². The molecule has 0 saturated carbocycles. The van der Waals surface area contributed by atoms with Gasteiger partial charge in [-0.15, -0.1) is 0 Å². The average molecular weight is 506 g/mol. The van der Waals surface area contributed by atoms with Gasteiger partial charge in [-0.1, -0.05) is 12.1 Å². The zero-order valence-electron chi connectivity index (χ0n) is 18.7. The minimum atomic E-state index is -1.30. The van der Waals surface area contributed by atoms with Crippen molar-refractivity contribution in [2.45, 2.75) is 18.9 Å². The van der Waals surface area contributed by atoms with Crippen molar-refractivity contribution in [2.24, 2.45) is 0 Å². The Kier molecular flexibility index (Phi) is 8.71. The molecule has 0 radical (unpaired) electrons. The van der Waals surface area contributed by atoms with E-state index in [9.17, 15) is 27.2 Å². The average Bonchev–Trinajstić information content (AvgIpc) is 2.83. The van der Waals surface area contributed by atoms with Crippen LogP contribution in [0.15, 0.2) is 54.6 Å². The number of carboxylic acid groups (broad SMARTS) is 2. The Morgan fingerprint density at radius 2 is 1.31 bits per heavy atom. The Bertz CT molecular complexity index is 1190. The third kappa shape index (κ3) is 7.36. The second-order valence-corrected chi connectivity index (χ2v) is 7.84. The van der Waals surface area contributed by atoms with Crippen LogP contribution in [-0.2, 0) is 0 Å². The summed E-state index contributed by atoms with van der Waals surface area (Å²) in [6.45, 7) is -0.0309. The molecule has 0 spiro atoms. The van der Waals surface area contributed by atoms with E-state index >= 15 is 0 Å². The first-order chi connectivity index (χ1) is 17.1. The van der Waals surface area contributed by atoms with E-state index in [1.807, 2.05) is 0 Å². The fourth-order valence-corrected chi connectivity index (χ4v) is 3.48. The summed E-state index contributed by atoms with van der Waals surface area (Å²) >= 11 is 0. The summed E-state index contributed by atoms with van der Waals surface area (Å²) in [5.74, 6) is -4.01. The number of carbonyl (C=O) groups is 2. The minimum Gasteiger partial charge on any atom is -0.491 e. The largest absolute Gasteiger partial charge is 0.491 e. The summed E-state index contributed by atoms with van der Waals surface area (Å²) in [6.07, 6.45) is -1.92. The monoisotopic (exact) mass is 506 g/mol. The van der Waals surface area contributed by atoms with Crippen molar-refractivity contribution in [3.05, 3.63) is 77.9 Å². The Labute approximate surface area is 203 Å². The SMILES string of the molecule is O=C(O)NCCC[C@H](COc1cc(-c2ccc(F)c(F)c2)cc(-c2ccc(F)c(F)c2)c1)NC(=O)O. The molecule has 4 N–H and O–H groups in total. The molecule has 0 bridgehead atoms. The second-order valence-electron chi connectivity index (χ2n) is 7.84. The van der Waals surface area contributed by atoms with Gasteiger partial charge in [0, 0.05) is 6.54 Å². The van der Waals surface area contributed by atoms with Crippen LogP contribution in [0.4, 0.5) is 27.2 Å².